The van der Waals surface area contributed by atoms with Gasteiger partial charge in [0.1, 0.15) is 5.60 Å². The van der Waals surface area contributed by atoms with Crippen LogP contribution in [-0.4, -0.2) is 54.2 Å². The van der Waals surface area contributed by atoms with Gasteiger partial charge in [-0.2, -0.15) is 0 Å². The first-order valence-electron chi connectivity index (χ1n) is 10.4. The van der Waals surface area contributed by atoms with Crippen LogP contribution in [0.25, 0.3) is 0 Å². The zero-order chi connectivity index (χ0) is 21.6. The maximum atomic E-state index is 12.8. The lowest BCUT2D eigenvalue weighted by molar-refractivity contribution is -0.0573. The third kappa shape index (κ3) is 4.62. The van der Waals surface area contributed by atoms with Gasteiger partial charge in [-0.3, -0.25) is 4.90 Å². The highest BCUT2D eigenvalue weighted by Crippen LogP contribution is 2.36. The fourth-order valence-corrected chi connectivity index (χ4v) is 3.55. The molecule has 1 aromatic rings. The van der Waals surface area contributed by atoms with Crippen LogP contribution in [0.2, 0.25) is 0 Å². The van der Waals surface area contributed by atoms with Gasteiger partial charge in [-0.1, -0.05) is 24.3 Å². The van der Waals surface area contributed by atoms with E-state index in [1.54, 1.807) is 4.90 Å². The van der Waals surface area contributed by atoms with Crippen LogP contribution in [0.1, 0.15) is 67.0 Å². The molecule has 0 bridgehead atoms. The molecule has 6 nitrogen and oxygen atoms in total. The summed E-state index contributed by atoms with van der Waals surface area (Å²) in [5.41, 5.74) is 0.663. The smallest absolute Gasteiger partial charge is 0.444 e. The number of rotatable bonds is 2. The minimum atomic E-state index is -0.541. The van der Waals surface area contributed by atoms with Crippen molar-refractivity contribution < 1.29 is 23.6 Å². The number of carbonyl (C=O) groups excluding carboxylic acids is 1. The third-order valence-electron chi connectivity index (χ3n) is 5.90. The van der Waals surface area contributed by atoms with E-state index in [0.717, 1.165) is 11.0 Å². The number of hydrogen-bond acceptors (Lipinski definition) is 5. The monoisotopic (exact) mass is 403 g/mol. The summed E-state index contributed by atoms with van der Waals surface area (Å²) in [4.78, 5) is 14.6. The predicted molar refractivity (Wildman–Crippen MR) is 113 cm³/mol. The van der Waals surface area contributed by atoms with Crippen LogP contribution in [0.5, 0.6) is 0 Å². The highest BCUT2D eigenvalue weighted by Gasteiger charge is 2.51. The lowest BCUT2D eigenvalue weighted by Crippen LogP contribution is -2.50. The molecule has 0 unspecified atom stereocenters. The van der Waals surface area contributed by atoms with Crippen molar-refractivity contribution >= 4 is 18.7 Å². The van der Waals surface area contributed by atoms with Crippen LogP contribution in [0, 0.1) is 0 Å². The van der Waals surface area contributed by atoms with Gasteiger partial charge in [-0.05, 0) is 66.4 Å². The number of morpholine rings is 1. The molecule has 2 fully saturated rings. The standard InChI is InChI=1S/C22H34BNO5/c1-15-13-26-14-18(24(15)19(25)27-20(2,3)4)16-9-11-17(12-10-16)23-28-21(5,6)22(7,8)29-23/h9-12,15,18H,13-14H2,1-8H3/t15-,18-/m1/s1. The molecule has 2 aliphatic heterocycles. The first-order valence-corrected chi connectivity index (χ1v) is 10.4. The molecular weight excluding hydrogens is 369 g/mol. The van der Waals surface area contributed by atoms with Gasteiger partial charge in [-0.15, -0.1) is 0 Å². The zero-order valence-electron chi connectivity index (χ0n) is 18.9. The summed E-state index contributed by atoms with van der Waals surface area (Å²) in [5, 5.41) is 0. The van der Waals surface area contributed by atoms with E-state index in [0.29, 0.717) is 13.2 Å². The number of ether oxygens (including phenoxy) is 2. The second kappa shape index (κ2) is 7.60. The maximum Gasteiger partial charge on any atom is 0.494 e. The largest absolute Gasteiger partial charge is 0.494 e. The summed E-state index contributed by atoms with van der Waals surface area (Å²) in [7, 11) is -0.405. The number of amides is 1. The molecule has 1 amide bonds. The Labute approximate surface area is 175 Å². The van der Waals surface area contributed by atoms with Gasteiger partial charge in [0.25, 0.3) is 0 Å². The van der Waals surface area contributed by atoms with Crippen LogP contribution in [-0.2, 0) is 18.8 Å². The number of nitrogens with zero attached hydrogens (tertiary/aromatic N) is 1. The molecular formula is C22H34BNO5. The summed E-state index contributed by atoms with van der Waals surface area (Å²) in [6, 6.07) is 7.79. The van der Waals surface area contributed by atoms with E-state index in [2.05, 4.69) is 0 Å². The van der Waals surface area contributed by atoms with E-state index in [9.17, 15) is 4.79 Å². The molecule has 2 saturated heterocycles. The van der Waals surface area contributed by atoms with Crippen LogP contribution in [0.15, 0.2) is 24.3 Å². The van der Waals surface area contributed by atoms with Gasteiger partial charge in [0.2, 0.25) is 0 Å². The quantitative estimate of drug-likeness (QED) is 0.706. The summed E-state index contributed by atoms with van der Waals surface area (Å²) in [6.07, 6.45) is -0.312. The van der Waals surface area contributed by atoms with Crippen molar-refractivity contribution in [2.45, 2.75) is 84.3 Å². The Morgan fingerprint density at radius 1 is 1.07 bits per heavy atom. The minimum Gasteiger partial charge on any atom is -0.444 e. The maximum absolute atomic E-state index is 12.8. The van der Waals surface area contributed by atoms with Crippen molar-refractivity contribution in [2.24, 2.45) is 0 Å². The van der Waals surface area contributed by atoms with E-state index in [4.69, 9.17) is 18.8 Å². The van der Waals surface area contributed by atoms with Crippen LogP contribution >= 0.6 is 0 Å². The molecule has 7 heteroatoms. The van der Waals surface area contributed by atoms with Crippen LogP contribution in [0.3, 0.4) is 0 Å². The molecule has 0 radical (unpaired) electrons. The fraction of sp³-hybridized carbons (Fsp3) is 0.682. The predicted octanol–water partition coefficient (Wildman–Crippen LogP) is 3.68. The molecule has 0 saturated carbocycles. The molecule has 3 rings (SSSR count). The van der Waals surface area contributed by atoms with Gasteiger partial charge >= 0.3 is 13.2 Å². The minimum absolute atomic E-state index is 0.0635. The average molecular weight is 403 g/mol. The van der Waals surface area contributed by atoms with Crippen LogP contribution in [0.4, 0.5) is 4.79 Å². The van der Waals surface area contributed by atoms with E-state index < -0.39 is 12.7 Å². The van der Waals surface area contributed by atoms with Crippen LogP contribution < -0.4 is 5.46 Å². The zero-order valence-corrected chi connectivity index (χ0v) is 18.9. The lowest BCUT2D eigenvalue weighted by Gasteiger charge is -2.41. The van der Waals surface area contributed by atoms with E-state index >= 15 is 0 Å². The first kappa shape index (κ1) is 22.1. The summed E-state index contributed by atoms with van der Waals surface area (Å²) in [5.74, 6) is 0. The van der Waals surface area contributed by atoms with Crippen molar-refractivity contribution in [1.82, 2.24) is 4.90 Å². The Kier molecular flexibility index (Phi) is 5.80. The second-order valence-corrected chi connectivity index (χ2v) is 10.0. The molecule has 0 aromatic heterocycles. The topological polar surface area (TPSA) is 57.2 Å². The van der Waals surface area contributed by atoms with Gasteiger partial charge in [-0.25, -0.2) is 4.79 Å². The van der Waals surface area contributed by atoms with E-state index in [-0.39, 0.29) is 29.4 Å². The van der Waals surface area contributed by atoms with E-state index in [1.165, 1.54) is 0 Å². The summed E-state index contributed by atoms with van der Waals surface area (Å²) in [6.45, 7) is 16.7. The van der Waals surface area contributed by atoms with Crippen molar-refractivity contribution in [3.8, 4) is 0 Å². The molecule has 0 aliphatic carbocycles. The van der Waals surface area contributed by atoms with Crippen molar-refractivity contribution in [2.75, 3.05) is 13.2 Å². The van der Waals surface area contributed by atoms with Gasteiger partial charge in [0.05, 0.1) is 36.5 Å². The van der Waals surface area contributed by atoms with Crippen molar-refractivity contribution in [3.63, 3.8) is 0 Å². The number of benzene rings is 1. The molecule has 0 N–H and O–H groups in total. The Bertz CT molecular complexity index is 725. The highest BCUT2D eigenvalue weighted by atomic mass is 16.7. The van der Waals surface area contributed by atoms with Crippen molar-refractivity contribution in [1.29, 1.82) is 0 Å². The molecule has 160 valence electrons. The highest BCUT2D eigenvalue weighted by molar-refractivity contribution is 6.62. The Morgan fingerprint density at radius 2 is 1.62 bits per heavy atom. The summed E-state index contributed by atoms with van der Waals surface area (Å²) >= 11 is 0. The number of carbonyl (C=O) groups is 1. The molecule has 0 spiro atoms. The second-order valence-electron chi connectivity index (χ2n) is 10.0. The Balaban J connectivity index is 1.80. The van der Waals surface area contributed by atoms with Gasteiger partial charge < -0.3 is 18.8 Å². The molecule has 2 atom stereocenters. The lowest BCUT2D eigenvalue weighted by atomic mass is 9.78. The van der Waals surface area contributed by atoms with E-state index in [1.807, 2.05) is 79.7 Å². The summed E-state index contributed by atoms with van der Waals surface area (Å²) < 4.78 is 23.7. The normalized spacial score (nSPS) is 26.5. The third-order valence-corrected chi connectivity index (χ3v) is 5.90. The molecule has 2 heterocycles. The number of hydrogen-bond donors (Lipinski definition) is 0. The molecule has 29 heavy (non-hydrogen) atoms. The van der Waals surface area contributed by atoms with Crippen molar-refractivity contribution in [3.05, 3.63) is 29.8 Å². The average Bonchev–Trinajstić information content (AvgIpc) is 2.81. The Hall–Kier alpha value is -1.57. The van der Waals surface area contributed by atoms with Gasteiger partial charge in [0, 0.05) is 0 Å². The fourth-order valence-electron chi connectivity index (χ4n) is 3.55. The molecule has 1 aromatic carbocycles. The first-order chi connectivity index (χ1) is 13.3. The SMILES string of the molecule is C[C@@H]1COC[C@H](c2ccc(B3OC(C)(C)C(C)(C)O3)cc2)N1C(=O)OC(C)(C)C. The van der Waals surface area contributed by atoms with Gasteiger partial charge in [0.15, 0.2) is 0 Å². The molecule has 2 aliphatic rings. The Morgan fingerprint density at radius 3 is 2.14 bits per heavy atom.